The van der Waals surface area contributed by atoms with Gasteiger partial charge in [-0.25, -0.2) is 8.42 Å². The van der Waals surface area contributed by atoms with Gasteiger partial charge in [0, 0.05) is 19.7 Å². The maximum Gasteiger partial charge on any atom is 0.263 e. The van der Waals surface area contributed by atoms with Crippen LogP contribution in [0.2, 0.25) is 5.02 Å². The molecule has 0 amide bonds. The van der Waals surface area contributed by atoms with Crippen LogP contribution >= 0.6 is 35.1 Å². The average molecular weight is 422 g/mol. The fraction of sp³-hybridized carbons (Fsp3) is 0.0526. The summed E-state index contributed by atoms with van der Waals surface area (Å²) in [5, 5.41) is 0.384. The molecule has 0 spiro atoms. The number of benzene rings is 3. The van der Waals surface area contributed by atoms with Crippen LogP contribution < -0.4 is 4.72 Å². The van der Waals surface area contributed by atoms with E-state index in [1.807, 2.05) is 48.7 Å². The van der Waals surface area contributed by atoms with Crippen molar-refractivity contribution in [3.63, 3.8) is 0 Å². The highest BCUT2D eigenvalue weighted by Gasteiger charge is 2.20. The number of hydrogen-bond donors (Lipinski definition) is 1. The Morgan fingerprint density at radius 2 is 1.58 bits per heavy atom. The van der Waals surface area contributed by atoms with Crippen molar-refractivity contribution < 1.29 is 8.42 Å². The SMILES string of the molecule is CSc1ccc(Cl)cc1S(=O)(=O)Nc1ccccc1Sc1ccccc1. The summed E-state index contributed by atoms with van der Waals surface area (Å²) < 4.78 is 28.6. The van der Waals surface area contributed by atoms with Gasteiger partial charge in [0.2, 0.25) is 0 Å². The zero-order valence-electron chi connectivity index (χ0n) is 13.8. The highest BCUT2D eigenvalue weighted by Crippen LogP contribution is 2.35. The van der Waals surface area contributed by atoms with E-state index in [4.69, 9.17) is 11.6 Å². The van der Waals surface area contributed by atoms with Gasteiger partial charge in [0.15, 0.2) is 0 Å². The fourth-order valence-corrected chi connectivity index (χ4v) is 5.78. The lowest BCUT2D eigenvalue weighted by atomic mass is 10.3. The van der Waals surface area contributed by atoms with Gasteiger partial charge < -0.3 is 0 Å². The first kappa shape index (κ1) is 19.2. The number of halogens is 1. The van der Waals surface area contributed by atoms with Crippen LogP contribution in [0.25, 0.3) is 0 Å². The Labute approximate surface area is 167 Å². The minimum atomic E-state index is -3.76. The van der Waals surface area contributed by atoms with Crippen LogP contribution in [0.4, 0.5) is 5.69 Å². The highest BCUT2D eigenvalue weighted by molar-refractivity contribution is 8.00. The molecule has 7 heteroatoms. The molecule has 3 rings (SSSR count). The van der Waals surface area contributed by atoms with E-state index in [0.717, 1.165) is 9.79 Å². The monoisotopic (exact) mass is 421 g/mol. The first-order valence-corrected chi connectivity index (χ1v) is 11.6. The predicted octanol–water partition coefficient (Wildman–Crippen LogP) is 6.01. The molecular formula is C19H16ClNO2S3. The van der Waals surface area contributed by atoms with E-state index in [-0.39, 0.29) is 4.90 Å². The van der Waals surface area contributed by atoms with Crippen LogP contribution in [0.3, 0.4) is 0 Å². The van der Waals surface area contributed by atoms with Gasteiger partial charge in [0.25, 0.3) is 10.0 Å². The van der Waals surface area contributed by atoms with E-state index in [1.54, 1.807) is 24.3 Å². The Morgan fingerprint density at radius 1 is 0.885 bits per heavy atom. The van der Waals surface area contributed by atoms with E-state index >= 15 is 0 Å². The second kappa shape index (κ2) is 8.39. The number of anilines is 1. The Hall–Kier alpha value is -1.60. The summed E-state index contributed by atoms with van der Waals surface area (Å²) in [6.45, 7) is 0. The summed E-state index contributed by atoms with van der Waals surface area (Å²) in [4.78, 5) is 2.69. The van der Waals surface area contributed by atoms with Crippen molar-refractivity contribution in [1.29, 1.82) is 0 Å². The number of sulfonamides is 1. The predicted molar refractivity (Wildman–Crippen MR) is 111 cm³/mol. The molecule has 0 bridgehead atoms. The molecule has 0 saturated carbocycles. The van der Waals surface area contributed by atoms with Crippen LogP contribution in [0.5, 0.6) is 0 Å². The van der Waals surface area contributed by atoms with Crippen molar-refractivity contribution in [2.75, 3.05) is 11.0 Å². The summed E-state index contributed by atoms with van der Waals surface area (Å²) in [5.41, 5.74) is 0.536. The minimum absolute atomic E-state index is 0.178. The van der Waals surface area contributed by atoms with Gasteiger partial charge in [0.05, 0.1) is 5.69 Å². The van der Waals surface area contributed by atoms with Gasteiger partial charge in [-0.15, -0.1) is 11.8 Å². The van der Waals surface area contributed by atoms with E-state index in [1.165, 1.54) is 29.6 Å². The third-order valence-electron chi connectivity index (χ3n) is 3.52. The van der Waals surface area contributed by atoms with Crippen LogP contribution in [0.15, 0.2) is 92.4 Å². The summed E-state index contributed by atoms with van der Waals surface area (Å²) in [6, 6.07) is 22.0. The molecule has 0 aromatic heterocycles. The van der Waals surface area contributed by atoms with E-state index in [9.17, 15) is 8.42 Å². The van der Waals surface area contributed by atoms with Gasteiger partial charge in [-0.1, -0.05) is 53.7 Å². The second-order valence-corrected chi connectivity index (χ2v) is 9.36. The number of hydrogen-bond acceptors (Lipinski definition) is 4. The molecule has 0 radical (unpaired) electrons. The first-order chi connectivity index (χ1) is 12.5. The molecule has 0 aliphatic rings. The van der Waals surface area contributed by atoms with E-state index < -0.39 is 10.0 Å². The third kappa shape index (κ3) is 4.57. The standard InChI is InChI=1S/C19H16ClNO2S3/c1-24-18-12-11-14(20)13-19(18)26(22,23)21-16-9-5-6-10-17(16)25-15-7-3-2-4-8-15/h2-13,21H,1H3. The maximum atomic E-state index is 12.9. The Kier molecular flexibility index (Phi) is 6.19. The molecular weight excluding hydrogens is 406 g/mol. The van der Waals surface area contributed by atoms with Crippen LogP contribution in [-0.4, -0.2) is 14.7 Å². The molecule has 1 N–H and O–H groups in total. The minimum Gasteiger partial charge on any atom is -0.278 e. The van der Waals surface area contributed by atoms with E-state index in [2.05, 4.69) is 4.72 Å². The Balaban J connectivity index is 1.95. The van der Waals surface area contributed by atoms with Crippen molar-refractivity contribution in [2.45, 2.75) is 19.6 Å². The molecule has 0 heterocycles. The smallest absolute Gasteiger partial charge is 0.263 e. The highest BCUT2D eigenvalue weighted by atomic mass is 35.5. The van der Waals surface area contributed by atoms with Crippen molar-refractivity contribution in [1.82, 2.24) is 0 Å². The lowest BCUT2D eigenvalue weighted by molar-refractivity contribution is 0.599. The average Bonchev–Trinajstić information content (AvgIpc) is 2.64. The van der Waals surface area contributed by atoms with E-state index in [0.29, 0.717) is 15.6 Å². The molecule has 0 unspecified atom stereocenters. The van der Waals surface area contributed by atoms with Crippen molar-refractivity contribution in [3.05, 3.63) is 77.8 Å². The van der Waals surface area contributed by atoms with Crippen LogP contribution in [0.1, 0.15) is 0 Å². The normalized spacial score (nSPS) is 11.3. The molecule has 3 aromatic rings. The zero-order chi connectivity index (χ0) is 18.6. The molecule has 0 aliphatic heterocycles. The molecule has 3 aromatic carbocycles. The quantitative estimate of drug-likeness (QED) is 0.495. The number of para-hydroxylation sites is 1. The zero-order valence-corrected chi connectivity index (χ0v) is 17.1. The van der Waals surface area contributed by atoms with Crippen molar-refractivity contribution in [2.24, 2.45) is 0 Å². The maximum absolute atomic E-state index is 12.9. The second-order valence-electron chi connectivity index (χ2n) is 5.31. The molecule has 26 heavy (non-hydrogen) atoms. The lowest BCUT2D eigenvalue weighted by Crippen LogP contribution is -2.14. The van der Waals surface area contributed by atoms with Gasteiger partial charge in [-0.2, -0.15) is 0 Å². The fourth-order valence-electron chi connectivity index (χ4n) is 2.32. The topological polar surface area (TPSA) is 46.2 Å². The van der Waals surface area contributed by atoms with Gasteiger partial charge in [-0.05, 0) is 48.7 Å². The lowest BCUT2D eigenvalue weighted by Gasteiger charge is -2.14. The van der Waals surface area contributed by atoms with Crippen molar-refractivity contribution >= 4 is 50.8 Å². The Morgan fingerprint density at radius 3 is 2.31 bits per heavy atom. The molecule has 0 aliphatic carbocycles. The summed E-state index contributed by atoms with van der Waals surface area (Å²) in [6.07, 6.45) is 1.83. The summed E-state index contributed by atoms with van der Waals surface area (Å²) in [5.74, 6) is 0. The van der Waals surface area contributed by atoms with Gasteiger partial charge in [0.1, 0.15) is 4.90 Å². The largest absolute Gasteiger partial charge is 0.278 e. The Bertz CT molecular complexity index is 1010. The molecule has 3 nitrogen and oxygen atoms in total. The van der Waals surface area contributed by atoms with Gasteiger partial charge >= 0.3 is 0 Å². The first-order valence-electron chi connectivity index (χ1n) is 7.68. The number of rotatable bonds is 6. The number of thioether (sulfide) groups is 1. The molecule has 0 fully saturated rings. The summed E-state index contributed by atoms with van der Waals surface area (Å²) in [7, 11) is -3.76. The van der Waals surface area contributed by atoms with Crippen LogP contribution in [0, 0.1) is 0 Å². The molecule has 0 atom stereocenters. The van der Waals surface area contributed by atoms with Crippen LogP contribution in [-0.2, 0) is 10.0 Å². The summed E-state index contributed by atoms with van der Waals surface area (Å²) >= 11 is 8.89. The van der Waals surface area contributed by atoms with Gasteiger partial charge in [-0.3, -0.25) is 4.72 Å². The molecule has 0 saturated heterocycles. The molecule has 134 valence electrons. The van der Waals surface area contributed by atoms with Crippen molar-refractivity contribution in [3.8, 4) is 0 Å². The number of nitrogens with one attached hydrogen (secondary N) is 1. The third-order valence-corrected chi connectivity index (χ3v) is 7.17.